The quantitative estimate of drug-likeness (QED) is 0.735. The summed E-state index contributed by atoms with van der Waals surface area (Å²) >= 11 is 6.42. The van der Waals surface area contributed by atoms with Gasteiger partial charge in [-0.05, 0) is 17.7 Å². The average molecular weight is 344 g/mol. The van der Waals surface area contributed by atoms with Gasteiger partial charge < -0.3 is 9.26 Å². The van der Waals surface area contributed by atoms with Crippen molar-refractivity contribution in [3.63, 3.8) is 0 Å². The van der Waals surface area contributed by atoms with Crippen LogP contribution in [0.5, 0.6) is 5.75 Å². The van der Waals surface area contributed by atoms with Gasteiger partial charge in [-0.1, -0.05) is 53.2 Å². The van der Waals surface area contributed by atoms with Crippen LogP contribution < -0.4 is 10.1 Å². The molecule has 124 valence electrons. The predicted molar refractivity (Wildman–Crippen MR) is 92.2 cm³/mol. The Morgan fingerprint density at radius 2 is 1.83 bits per heavy atom. The average Bonchev–Trinajstić information content (AvgIpc) is 3.02. The zero-order valence-corrected chi connectivity index (χ0v) is 14.2. The number of benzene rings is 2. The second-order valence-corrected chi connectivity index (χ2v) is 5.71. The molecule has 0 amide bonds. The zero-order chi connectivity index (χ0) is 16.9. The molecule has 1 aromatic heterocycles. The van der Waals surface area contributed by atoms with Crippen molar-refractivity contribution < 1.29 is 9.26 Å². The van der Waals surface area contributed by atoms with Gasteiger partial charge in [0.1, 0.15) is 5.75 Å². The van der Waals surface area contributed by atoms with Crippen molar-refractivity contribution >= 4 is 11.6 Å². The van der Waals surface area contributed by atoms with Gasteiger partial charge in [0.2, 0.25) is 5.89 Å². The Hall–Kier alpha value is -2.37. The summed E-state index contributed by atoms with van der Waals surface area (Å²) in [5.41, 5.74) is 1.96. The van der Waals surface area contributed by atoms with E-state index < -0.39 is 0 Å². The lowest BCUT2D eigenvalue weighted by atomic mass is 9.97. The molecular formula is C18H18ClN3O2. The molecule has 5 nitrogen and oxygen atoms in total. The standard InChI is InChI=1S/C18H18ClN3O2/c1-12-21-17(22-24-12)11-20-18(13-7-3-5-9-15(13)19)14-8-4-6-10-16(14)23-2/h3-10,18,20H,11H2,1-2H3. The molecule has 6 heteroatoms. The number of hydrogen-bond acceptors (Lipinski definition) is 5. The molecule has 0 aliphatic carbocycles. The first-order valence-electron chi connectivity index (χ1n) is 7.59. The van der Waals surface area contributed by atoms with Gasteiger partial charge in [0, 0.05) is 17.5 Å². The number of nitrogens with one attached hydrogen (secondary N) is 1. The topological polar surface area (TPSA) is 60.2 Å². The highest BCUT2D eigenvalue weighted by atomic mass is 35.5. The summed E-state index contributed by atoms with van der Waals surface area (Å²) < 4.78 is 10.5. The summed E-state index contributed by atoms with van der Waals surface area (Å²) in [6.45, 7) is 2.22. The summed E-state index contributed by atoms with van der Waals surface area (Å²) in [6, 6.07) is 15.4. The van der Waals surface area contributed by atoms with E-state index in [1.165, 1.54) is 0 Å². The fourth-order valence-electron chi connectivity index (χ4n) is 2.61. The molecule has 1 heterocycles. The molecule has 1 atom stereocenters. The van der Waals surface area contributed by atoms with Gasteiger partial charge in [-0.3, -0.25) is 5.32 Å². The Kier molecular flexibility index (Phi) is 5.13. The SMILES string of the molecule is COc1ccccc1C(NCc1noc(C)n1)c1ccccc1Cl. The maximum absolute atomic E-state index is 6.42. The van der Waals surface area contributed by atoms with Crippen molar-refractivity contribution in [2.24, 2.45) is 0 Å². The van der Waals surface area contributed by atoms with Crippen molar-refractivity contribution in [1.82, 2.24) is 15.5 Å². The second kappa shape index (κ2) is 7.47. The van der Waals surface area contributed by atoms with Crippen LogP contribution in [0.15, 0.2) is 53.1 Å². The predicted octanol–water partition coefficient (Wildman–Crippen LogP) is 3.92. The Morgan fingerprint density at radius 1 is 1.12 bits per heavy atom. The molecule has 0 aliphatic rings. The third kappa shape index (κ3) is 3.58. The molecule has 0 bridgehead atoms. The number of nitrogens with zero attached hydrogens (tertiary/aromatic N) is 2. The summed E-state index contributed by atoms with van der Waals surface area (Å²) in [5, 5.41) is 8.06. The van der Waals surface area contributed by atoms with Crippen LogP contribution in [-0.2, 0) is 6.54 Å². The smallest absolute Gasteiger partial charge is 0.223 e. The number of rotatable bonds is 6. The van der Waals surface area contributed by atoms with Crippen LogP contribution in [0.25, 0.3) is 0 Å². The Balaban J connectivity index is 1.96. The number of para-hydroxylation sites is 1. The van der Waals surface area contributed by atoms with Gasteiger partial charge in [-0.25, -0.2) is 0 Å². The number of aryl methyl sites for hydroxylation is 1. The molecule has 0 saturated heterocycles. The maximum Gasteiger partial charge on any atom is 0.223 e. The fourth-order valence-corrected chi connectivity index (χ4v) is 2.85. The summed E-state index contributed by atoms with van der Waals surface area (Å²) in [6.07, 6.45) is 0. The van der Waals surface area contributed by atoms with E-state index in [2.05, 4.69) is 15.5 Å². The van der Waals surface area contributed by atoms with Crippen LogP contribution in [-0.4, -0.2) is 17.3 Å². The van der Waals surface area contributed by atoms with Gasteiger partial charge in [0.05, 0.1) is 19.7 Å². The van der Waals surface area contributed by atoms with Crippen molar-refractivity contribution in [3.8, 4) is 5.75 Å². The lowest BCUT2D eigenvalue weighted by molar-refractivity contribution is 0.383. The van der Waals surface area contributed by atoms with E-state index in [0.717, 1.165) is 16.9 Å². The van der Waals surface area contributed by atoms with E-state index in [-0.39, 0.29) is 6.04 Å². The first-order valence-corrected chi connectivity index (χ1v) is 7.96. The molecule has 0 spiro atoms. The minimum absolute atomic E-state index is 0.159. The van der Waals surface area contributed by atoms with Crippen LogP contribution in [0.2, 0.25) is 5.02 Å². The third-order valence-electron chi connectivity index (χ3n) is 3.70. The van der Waals surface area contributed by atoms with Crippen molar-refractivity contribution in [1.29, 1.82) is 0 Å². The molecule has 3 rings (SSSR count). The van der Waals surface area contributed by atoms with Crippen molar-refractivity contribution in [3.05, 3.63) is 76.4 Å². The van der Waals surface area contributed by atoms with Gasteiger partial charge in [-0.2, -0.15) is 4.98 Å². The van der Waals surface area contributed by atoms with Gasteiger partial charge in [0.25, 0.3) is 0 Å². The molecule has 3 aromatic rings. The number of aromatic nitrogens is 2. The van der Waals surface area contributed by atoms with Crippen molar-refractivity contribution in [2.45, 2.75) is 19.5 Å². The Labute approximate surface area is 145 Å². The molecular weight excluding hydrogens is 326 g/mol. The largest absolute Gasteiger partial charge is 0.496 e. The number of ether oxygens (including phenoxy) is 1. The lowest BCUT2D eigenvalue weighted by Gasteiger charge is -2.22. The van der Waals surface area contributed by atoms with E-state index >= 15 is 0 Å². The first-order chi connectivity index (χ1) is 11.7. The molecule has 0 saturated carbocycles. The Morgan fingerprint density at radius 3 is 2.50 bits per heavy atom. The Bertz CT molecular complexity index is 819. The van der Waals surface area contributed by atoms with Gasteiger partial charge in [-0.15, -0.1) is 0 Å². The lowest BCUT2D eigenvalue weighted by Crippen LogP contribution is -2.23. The van der Waals surface area contributed by atoms with Gasteiger partial charge in [0.15, 0.2) is 5.82 Å². The van der Waals surface area contributed by atoms with Crippen LogP contribution >= 0.6 is 11.6 Å². The highest BCUT2D eigenvalue weighted by Crippen LogP contribution is 2.33. The van der Waals surface area contributed by atoms with Crippen LogP contribution in [0, 0.1) is 6.92 Å². The van der Waals surface area contributed by atoms with E-state index in [0.29, 0.717) is 23.3 Å². The fraction of sp³-hybridized carbons (Fsp3) is 0.222. The monoisotopic (exact) mass is 343 g/mol. The molecule has 24 heavy (non-hydrogen) atoms. The number of halogens is 1. The van der Waals surface area contributed by atoms with E-state index in [1.54, 1.807) is 14.0 Å². The minimum atomic E-state index is -0.159. The highest BCUT2D eigenvalue weighted by Gasteiger charge is 2.20. The second-order valence-electron chi connectivity index (χ2n) is 5.31. The molecule has 1 unspecified atom stereocenters. The van der Waals surface area contributed by atoms with E-state index in [1.807, 2.05) is 48.5 Å². The molecule has 0 radical (unpaired) electrons. The zero-order valence-electron chi connectivity index (χ0n) is 13.5. The van der Waals surface area contributed by atoms with Crippen LogP contribution in [0.1, 0.15) is 28.9 Å². The van der Waals surface area contributed by atoms with Crippen LogP contribution in [0.4, 0.5) is 0 Å². The summed E-state index contributed by atoms with van der Waals surface area (Å²) in [4.78, 5) is 4.23. The highest BCUT2D eigenvalue weighted by molar-refractivity contribution is 6.31. The first kappa shape index (κ1) is 16.5. The van der Waals surface area contributed by atoms with Crippen LogP contribution in [0.3, 0.4) is 0 Å². The summed E-state index contributed by atoms with van der Waals surface area (Å²) in [7, 11) is 1.66. The summed E-state index contributed by atoms with van der Waals surface area (Å²) in [5.74, 6) is 1.93. The van der Waals surface area contributed by atoms with E-state index in [9.17, 15) is 0 Å². The normalized spacial score (nSPS) is 12.1. The maximum atomic E-state index is 6.42. The van der Waals surface area contributed by atoms with Gasteiger partial charge >= 0.3 is 0 Å². The number of hydrogen-bond donors (Lipinski definition) is 1. The van der Waals surface area contributed by atoms with E-state index in [4.69, 9.17) is 20.9 Å². The van der Waals surface area contributed by atoms with Crippen molar-refractivity contribution in [2.75, 3.05) is 7.11 Å². The number of methoxy groups -OCH3 is 1. The molecule has 1 N–H and O–H groups in total. The molecule has 0 aliphatic heterocycles. The third-order valence-corrected chi connectivity index (χ3v) is 4.04. The minimum Gasteiger partial charge on any atom is -0.496 e. The molecule has 0 fully saturated rings. The molecule has 2 aromatic carbocycles.